The molecule has 1 aliphatic rings. The van der Waals surface area contributed by atoms with Gasteiger partial charge in [-0.3, -0.25) is 10.1 Å². The lowest BCUT2D eigenvalue weighted by atomic mass is 9.91. The fraction of sp³-hybridized carbons (Fsp3) is 0.412. The van der Waals surface area contributed by atoms with Crippen LogP contribution in [0.1, 0.15) is 26.0 Å². The summed E-state index contributed by atoms with van der Waals surface area (Å²) in [7, 11) is 0. The maximum absolute atomic E-state index is 10.8. The van der Waals surface area contributed by atoms with Gasteiger partial charge in [0.1, 0.15) is 5.82 Å². The highest BCUT2D eigenvalue weighted by Crippen LogP contribution is 2.30. The van der Waals surface area contributed by atoms with Gasteiger partial charge in [0.05, 0.1) is 10.5 Å². The van der Waals surface area contributed by atoms with Crippen LogP contribution in [0.5, 0.6) is 0 Å². The topological polar surface area (TPSA) is 92.4 Å². The van der Waals surface area contributed by atoms with Crippen LogP contribution in [0.2, 0.25) is 0 Å². The Balaban J connectivity index is 1.91. The number of non-ortho nitro benzene ring substituents is 1. The molecule has 1 aromatic carbocycles. The SMILES string of the molecule is CCc1cc(N2CC(O)(CC)C2)nc(-c2ccc([N+](=O)[O-])cc2)n1. The molecule has 0 radical (unpaired) electrons. The molecule has 2 aromatic rings. The normalized spacial score (nSPS) is 15.9. The Kier molecular flexibility index (Phi) is 4.19. The second kappa shape index (κ2) is 6.16. The largest absolute Gasteiger partial charge is 0.386 e. The average molecular weight is 328 g/mol. The smallest absolute Gasteiger partial charge is 0.269 e. The molecule has 1 aromatic heterocycles. The van der Waals surface area contributed by atoms with Gasteiger partial charge in [-0.25, -0.2) is 9.97 Å². The number of nitro groups is 1. The van der Waals surface area contributed by atoms with Gasteiger partial charge in [-0.15, -0.1) is 0 Å². The molecule has 0 unspecified atom stereocenters. The van der Waals surface area contributed by atoms with E-state index in [0.717, 1.165) is 23.5 Å². The van der Waals surface area contributed by atoms with Crippen molar-refractivity contribution in [3.63, 3.8) is 0 Å². The van der Waals surface area contributed by atoms with Gasteiger partial charge in [0, 0.05) is 42.5 Å². The zero-order chi connectivity index (χ0) is 17.3. The summed E-state index contributed by atoms with van der Waals surface area (Å²) in [5.74, 6) is 1.33. The van der Waals surface area contributed by atoms with Crippen LogP contribution in [0, 0.1) is 10.1 Å². The van der Waals surface area contributed by atoms with E-state index < -0.39 is 10.5 Å². The summed E-state index contributed by atoms with van der Waals surface area (Å²) in [4.78, 5) is 21.5. The van der Waals surface area contributed by atoms with Gasteiger partial charge in [-0.05, 0) is 25.0 Å². The number of hydrogen-bond donors (Lipinski definition) is 1. The monoisotopic (exact) mass is 328 g/mol. The van der Waals surface area contributed by atoms with Gasteiger partial charge in [0.15, 0.2) is 5.82 Å². The van der Waals surface area contributed by atoms with Crippen molar-refractivity contribution in [3.05, 3.63) is 46.1 Å². The Labute approximate surface area is 140 Å². The van der Waals surface area contributed by atoms with Crippen LogP contribution >= 0.6 is 0 Å². The number of aromatic nitrogens is 2. The van der Waals surface area contributed by atoms with E-state index in [9.17, 15) is 15.2 Å². The number of rotatable bonds is 5. The van der Waals surface area contributed by atoms with Gasteiger partial charge in [0.2, 0.25) is 0 Å². The maximum Gasteiger partial charge on any atom is 0.269 e. The van der Waals surface area contributed by atoms with Crippen molar-refractivity contribution in [3.8, 4) is 11.4 Å². The van der Waals surface area contributed by atoms with Gasteiger partial charge >= 0.3 is 0 Å². The summed E-state index contributed by atoms with van der Waals surface area (Å²) in [6, 6.07) is 8.17. The Bertz CT molecular complexity index is 755. The lowest BCUT2D eigenvalue weighted by molar-refractivity contribution is -0.384. The number of anilines is 1. The van der Waals surface area contributed by atoms with E-state index in [1.54, 1.807) is 12.1 Å². The molecule has 7 nitrogen and oxygen atoms in total. The Morgan fingerprint density at radius 3 is 2.46 bits per heavy atom. The average Bonchev–Trinajstić information content (AvgIpc) is 2.58. The third kappa shape index (κ3) is 3.07. The summed E-state index contributed by atoms with van der Waals surface area (Å²) in [6.07, 6.45) is 1.48. The summed E-state index contributed by atoms with van der Waals surface area (Å²) in [5.41, 5.74) is 1.05. The Hall–Kier alpha value is -2.54. The van der Waals surface area contributed by atoms with E-state index >= 15 is 0 Å². The molecule has 0 atom stereocenters. The molecule has 1 N–H and O–H groups in total. The number of aliphatic hydroxyl groups is 1. The van der Waals surface area contributed by atoms with Crippen molar-refractivity contribution in [1.29, 1.82) is 0 Å². The molecule has 0 saturated carbocycles. The molecule has 2 heterocycles. The number of hydrogen-bond acceptors (Lipinski definition) is 6. The second-order valence-electron chi connectivity index (χ2n) is 6.13. The fourth-order valence-corrected chi connectivity index (χ4v) is 2.74. The lowest BCUT2D eigenvalue weighted by Crippen LogP contribution is -2.61. The van der Waals surface area contributed by atoms with E-state index in [1.165, 1.54) is 12.1 Å². The minimum absolute atomic E-state index is 0.0429. The number of aryl methyl sites for hydroxylation is 1. The first-order chi connectivity index (χ1) is 11.4. The predicted octanol–water partition coefficient (Wildman–Crippen LogP) is 2.58. The summed E-state index contributed by atoms with van der Waals surface area (Å²) < 4.78 is 0. The molecule has 24 heavy (non-hydrogen) atoms. The molecule has 1 aliphatic heterocycles. The minimum atomic E-state index is -0.634. The molecule has 7 heteroatoms. The summed E-state index contributed by atoms with van der Waals surface area (Å²) >= 11 is 0. The van der Waals surface area contributed by atoms with Crippen LogP contribution in [-0.2, 0) is 6.42 Å². The number of benzene rings is 1. The van der Waals surface area contributed by atoms with Crippen LogP contribution < -0.4 is 4.90 Å². The molecular formula is C17H20N4O3. The first-order valence-corrected chi connectivity index (χ1v) is 8.04. The molecule has 126 valence electrons. The third-order valence-electron chi connectivity index (χ3n) is 4.42. The molecule has 1 saturated heterocycles. The Morgan fingerprint density at radius 2 is 1.92 bits per heavy atom. The van der Waals surface area contributed by atoms with Gasteiger partial charge in [-0.1, -0.05) is 13.8 Å². The van der Waals surface area contributed by atoms with Crippen molar-refractivity contribution < 1.29 is 10.0 Å². The van der Waals surface area contributed by atoms with Crippen LogP contribution in [0.4, 0.5) is 11.5 Å². The highest BCUT2D eigenvalue weighted by atomic mass is 16.6. The molecule has 0 aliphatic carbocycles. The van der Waals surface area contributed by atoms with Crippen molar-refractivity contribution >= 4 is 11.5 Å². The summed E-state index contributed by atoms with van der Waals surface area (Å²) in [5, 5.41) is 21.0. The number of nitrogens with zero attached hydrogens (tertiary/aromatic N) is 4. The van der Waals surface area contributed by atoms with Gasteiger partial charge < -0.3 is 10.0 Å². The van der Waals surface area contributed by atoms with E-state index in [-0.39, 0.29) is 5.69 Å². The second-order valence-corrected chi connectivity index (χ2v) is 6.13. The van der Waals surface area contributed by atoms with E-state index in [0.29, 0.717) is 25.3 Å². The fourth-order valence-electron chi connectivity index (χ4n) is 2.74. The van der Waals surface area contributed by atoms with Crippen LogP contribution in [0.25, 0.3) is 11.4 Å². The van der Waals surface area contributed by atoms with Gasteiger partial charge in [-0.2, -0.15) is 0 Å². The molecule has 3 rings (SSSR count). The standard InChI is InChI=1S/C17H20N4O3/c1-3-13-9-15(20-10-17(22,4-2)11-20)19-16(18-13)12-5-7-14(8-6-12)21(23)24/h5-9,22H,3-4,10-11H2,1-2H3. The Morgan fingerprint density at radius 1 is 1.25 bits per heavy atom. The highest BCUT2D eigenvalue weighted by Gasteiger charge is 2.40. The van der Waals surface area contributed by atoms with E-state index in [2.05, 4.69) is 9.97 Å². The predicted molar refractivity (Wildman–Crippen MR) is 91.0 cm³/mol. The minimum Gasteiger partial charge on any atom is -0.386 e. The summed E-state index contributed by atoms with van der Waals surface area (Å²) in [6.45, 7) is 5.11. The van der Waals surface area contributed by atoms with E-state index in [4.69, 9.17) is 0 Å². The van der Waals surface area contributed by atoms with Crippen LogP contribution in [-0.4, -0.2) is 38.7 Å². The lowest BCUT2D eigenvalue weighted by Gasteiger charge is -2.46. The van der Waals surface area contributed by atoms with Gasteiger partial charge in [0.25, 0.3) is 5.69 Å². The van der Waals surface area contributed by atoms with Crippen molar-refractivity contribution in [1.82, 2.24) is 9.97 Å². The quantitative estimate of drug-likeness (QED) is 0.670. The maximum atomic E-state index is 10.8. The van der Waals surface area contributed by atoms with Crippen molar-refractivity contribution in [2.75, 3.05) is 18.0 Å². The third-order valence-corrected chi connectivity index (χ3v) is 4.42. The molecular weight excluding hydrogens is 308 g/mol. The number of nitro benzene ring substituents is 1. The molecule has 0 spiro atoms. The zero-order valence-corrected chi connectivity index (χ0v) is 13.8. The first kappa shape index (κ1) is 16.3. The molecule has 0 bridgehead atoms. The molecule has 0 amide bonds. The van der Waals surface area contributed by atoms with Crippen molar-refractivity contribution in [2.45, 2.75) is 32.3 Å². The van der Waals surface area contributed by atoms with Crippen LogP contribution in [0.3, 0.4) is 0 Å². The highest BCUT2D eigenvalue weighted by molar-refractivity contribution is 5.60. The van der Waals surface area contributed by atoms with Crippen molar-refractivity contribution in [2.24, 2.45) is 0 Å². The zero-order valence-electron chi connectivity index (χ0n) is 13.8. The number of β-amino-alcohol motifs (C(OH)–C–C–N with tert-alkyl or cyclic N) is 1. The first-order valence-electron chi connectivity index (χ1n) is 8.04. The van der Waals surface area contributed by atoms with E-state index in [1.807, 2.05) is 24.8 Å². The molecule has 1 fully saturated rings. The van der Waals surface area contributed by atoms with Crippen LogP contribution in [0.15, 0.2) is 30.3 Å².